The minimum absolute atomic E-state index is 0.399. The van der Waals surface area contributed by atoms with Crippen LogP contribution in [-0.4, -0.2) is 15.8 Å². The minimum atomic E-state index is 0.399. The molecule has 6 heteroatoms. The van der Waals surface area contributed by atoms with Gasteiger partial charge in [0.1, 0.15) is 0 Å². The molecular weight excluding hydrogens is 304 g/mol. The van der Waals surface area contributed by atoms with E-state index in [0.717, 1.165) is 22.7 Å². The van der Waals surface area contributed by atoms with E-state index in [4.69, 9.17) is 23.8 Å². The van der Waals surface area contributed by atoms with Crippen molar-refractivity contribution in [2.24, 2.45) is 5.10 Å². The fourth-order valence-corrected chi connectivity index (χ4v) is 1.99. The van der Waals surface area contributed by atoms with E-state index in [1.807, 2.05) is 50.2 Å². The highest BCUT2D eigenvalue weighted by Crippen LogP contribution is 2.22. The van der Waals surface area contributed by atoms with Crippen molar-refractivity contribution in [1.29, 1.82) is 0 Å². The van der Waals surface area contributed by atoms with E-state index in [-0.39, 0.29) is 0 Å². The predicted molar refractivity (Wildman–Crippen MR) is 92.0 cm³/mol. The van der Waals surface area contributed by atoms with Gasteiger partial charge in [-0.1, -0.05) is 23.7 Å². The number of hydrazone groups is 1. The first kappa shape index (κ1) is 15.4. The molecule has 0 bridgehead atoms. The second kappa shape index (κ2) is 7.15. The number of pyridine rings is 1. The first-order valence-electron chi connectivity index (χ1n) is 6.35. The normalized spacial score (nSPS) is 11.1. The third-order valence-electron chi connectivity index (χ3n) is 2.88. The number of nitrogens with one attached hydrogen (secondary N) is 2. The molecule has 0 amide bonds. The number of thiocarbonyl (C=S) groups is 1. The van der Waals surface area contributed by atoms with Crippen LogP contribution in [0.25, 0.3) is 0 Å². The summed E-state index contributed by atoms with van der Waals surface area (Å²) in [6.45, 7) is 3.79. The number of nitrogens with zero attached hydrogens (tertiary/aromatic N) is 2. The number of rotatable bonds is 3. The van der Waals surface area contributed by atoms with Crippen molar-refractivity contribution in [2.75, 3.05) is 5.32 Å². The highest BCUT2D eigenvalue weighted by molar-refractivity contribution is 7.80. The standard InChI is InChI=1S/C15H15ClN4S/c1-10-12(16)6-5-8-13(10)18-15(21)20-19-11(2)14-7-3-4-9-17-14/h3-9H,1-2H3,(H2,18,20,21)/b19-11+. The molecule has 1 heterocycles. The molecule has 2 N–H and O–H groups in total. The number of hydrogen-bond donors (Lipinski definition) is 2. The van der Waals surface area contributed by atoms with E-state index >= 15 is 0 Å². The van der Waals surface area contributed by atoms with Gasteiger partial charge in [-0.2, -0.15) is 5.10 Å². The molecule has 0 aliphatic heterocycles. The largest absolute Gasteiger partial charge is 0.331 e. The highest BCUT2D eigenvalue weighted by Gasteiger charge is 2.04. The zero-order valence-electron chi connectivity index (χ0n) is 11.7. The van der Waals surface area contributed by atoms with Gasteiger partial charge < -0.3 is 5.32 Å². The van der Waals surface area contributed by atoms with Crippen molar-refractivity contribution in [3.63, 3.8) is 0 Å². The summed E-state index contributed by atoms with van der Waals surface area (Å²) >= 11 is 11.3. The smallest absolute Gasteiger partial charge is 0.191 e. The highest BCUT2D eigenvalue weighted by atomic mass is 35.5. The molecule has 0 fully saturated rings. The molecule has 108 valence electrons. The molecule has 0 saturated carbocycles. The number of benzene rings is 1. The van der Waals surface area contributed by atoms with Gasteiger partial charge in [0, 0.05) is 16.9 Å². The lowest BCUT2D eigenvalue weighted by Gasteiger charge is -2.11. The maximum Gasteiger partial charge on any atom is 0.191 e. The van der Waals surface area contributed by atoms with Gasteiger partial charge in [-0.15, -0.1) is 0 Å². The first-order valence-corrected chi connectivity index (χ1v) is 7.14. The van der Waals surface area contributed by atoms with Gasteiger partial charge in [-0.25, -0.2) is 0 Å². The van der Waals surface area contributed by atoms with Gasteiger partial charge >= 0.3 is 0 Å². The van der Waals surface area contributed by atoms with Crippen molar-refractivity contribution in [3.05, 3.63) is 58.9 Å². The lowest BCUT2D eigenvalue weighted by molar-refractivity contribution is 1.03. The molecule has 0 aliphatic rings. The van der Waals surface area contributed by atoms with Gasteiger partial charge in [0.25, 0.3) is 0 Å². The second-order valence-electron chi connectivity index (χ2n) is 4.39. The monoisotopic (exact) mass is 318 g/mol. The Hall–Kier alpha value is -1.98. The Kier molecular flexibility index (Phi) is 5.25. The molecule has 0 radical (unpaired) electrons. The third kappa shape index (κ3) is 4.24. The van der Waals surface area contributed by atoms with Crippen molar-refractivity contribution in [1.82, 2.24) is 10.4 Å². The molecule has 0 atom stereocenters. The first-order chi connectivity index (χ1) is 10.1. The van der Waals surface area contributed by atoms with Crippen LogP contribution in [0.5, 0.6) is 0 Å². The Morgan fingerprint density at radius 2 is 2.05 bits per heavy atom. The summed E-state index contributed by atoms with van der Waals surface area (Å²) in [7, 11) is 0. The molecule has 21 heavy (non-hydrogen) atoms. The van der Waals surface area contributed by atoms with E-state index in [1.165, 1.54) is 0 Å². The van der Waals surface area contributed by atoms with Crippen LogP contribution in [0.15, 0.2) is 47.7 Å². The van der Waals surface area contributed by atoms with Crippen molar-refractivity contribution in [3.8, 4) is 0 Å². The number of anilines is 1. The summed E-state index contributed by atoms with van der Waals surface area (Å²) in [5.74, 6) is 0. The van der Waals surface area contributed by atoms with Crippen molar-refractivity contribution < 1.29 is 0 Å². The van der Waals surface area contributed by atoms with Crippen LogP contribution in [0.2, 0.25) is 5.02 Å². The van der Waals surface area contributed by atoms with E-state index in [1.54, 1.807) is 6.20 Å². The molecule has 2 rings (SSSR count). The summed E-state index contributed by atoms with van der Waals surface area (Å²) < 4.78 is 0. The Bertz CT molecular complexity index is 671. The maximum atomic E-state index is 6.07. The van der Waals surface area contributed by atoms with E-state index in [9.17, 15) is 0 Å². The molecule has 0 spiro atoms. The van der Waals surface area contributed by atoms with Gasteiger partial charge in [-0.3, -0.25) is 10.4 Å². The van der Waals surface area contributed by atoms with E-state index < -0.39 is 0 Å². The van der Waals surface area contributed by atoms with Crippen molar-refractivity contribution >= 4 is 40.3 Å². The van der Waals surface area contributed by atoms with Crippen LogP contribution in [0.4, 0.5) is 5.69 Å². The van der Waals surface area contributed by atoms with Gasteiger partial charge in [0.05, 0.1) is 11.4 Å². The molecule has 4 nitrogen and oxygen atoms in total. The van der Waals surface area contributed by atoms with Gasteiger partial charge in [0.15, 0.2) is 5.11 Å². The third-order valence-corrected chi connectivity index (χ3v) is 3.48. The fraction of sp³-hybridized carbons (Fsp3) is 0.133. The average Bonchev–Trinajstić information content (AvgIpc) is 2.50. The minimum Gasteiger partial charge on any atom is -0.331 e. The Labute approximate surface area is 134 Å². The number of aromatic nitrogens is 1. The number of hydrogen-bond acceptors (Lipinski definition) is 3. The Balaban J connectivity index is 2.01. The molecule has 1 aromatic heterocycles. The van der Waals surface area contributed by atoms with Gasteiger partial charge in [-0.05, 0) is 55.9 Å². The van der Waals surface area contributed by atoms with Gasteiger partial charge in [0.2, 0.25) is 0 Å². The van der Waals surface area contributed by atoms with Crippen LogP contribution < -0.4 is 10.7 Å². The quantitative estimate of drug-likeness (QED) is 0.514. The lowest BCUT2D eigenvalue weighted by atomic mass is 10.2. The average molecular weight is 319 g/mol. The summed E-state index contributed by atoms with van der Waals surface area (Å²) in [6, 6.07) is 11.3. The molecule has 1 aromatic carbocycles. The lowest BCUT2D eigenvalue weighted by Crippen LogP contribution is -2.25. The summed E-state index contributed by atoms with van der Waals surface area (Å²) in [5, 5.41) is 8.37. The molecular formula is C15H15ClN4S. The van der Waals surface area contributed by atoms with Crippen LogP contribution in [0.3, 0.4) is 0 Å². The summed E-state index contributed by atoms with van der Waals surface area (Å²) in [4.78, 5) is 4.21. The van der Waals surface area contributed by atoms with Crippen LogP contribution in [0.1, 0.15) is 18.2 Å². The SMILES string of the molecule is C/C(=N\NC(=S)Nc1cccc(Cl)c1C)c1ccccn1. The fourth-order valence-electron chi connectivity index (χ4n) is 1.66. The zero-order valence-corrected chi connectivity index (χ0v) is 13.3. The van der Waals surface area contributed by atoms with Crippen LogP contribution in [-0.2, 0) is 0 Å². The summed E-state index contributed by atoms with van der Waals surface area (Å²) in [5.41, 5.74) is 6.14. The van der Waals surface area contributed by atoms with E-state index in [0.29, 0.717) is 10.1 Å². The molecule has 0 unspecified atom stereocenters. The van der Waals surface area contributed by atoms with Crippen LogP contribution in [0, 0.1) is 6.92 Å². The maximum absolute atomic E-state index is 6.07. The zero-order chi connectivity index (χ0) is 15.2. The summed E-state index contributed by atoms with van der Waals surface area (Å²) in [6.07, 6.45) is 1.72. The van der Waals surface area contributed by atoms with Crippen LogP contribution >= 0.6 is 23.8 Å². The second-order valence-corrected chi connectivity index (χ2v) is 5.21. The Morgan fingerprint density at radius 3 is 2.76 bits per heavy atom. The topological polar surface area (TPSA) is 49.3 Å². The predicted octanol–water partition coefficient (Wildman–Crippen LogP) is 3.75. The Morgan fingerprint density at radius 1 is 1.24 bits per heavy atom. The molecule has 0 saturated heterocycles. The molecule has 2 aromatic rings. The van der Waals surface area contributed by atoms with Crippen molar-refractivity contribution in [2.45, 2.75) is 13.8 Å². The van der Waals surface area contributed by atoms with E-state index in [2.05, 4.69) is 20.8 Å². The number of halogens is 1. The molecule has 0 aliphatic carbocycles.